The topological polar surface area (TPSA) is 54.0 Å². The Morgan fingerprint density at radius 3 is 3.05 bits per heavy atom. The Bertz CT molecular complexity index is 555. The van der Waals surface area contributed by atoms with Gasteiger partial charge in [0.2, 0.25) is 0 Å². The maximum Gasteiger partial charge on any atom is 0.123 e. The maximum absolute atomic E-state index is 5.54. The molecule has 2 aromatic heterocycles. The van der Waals surface area contributed by atoms with Crippen LogP contribution >= 0.6 is 0 Å². The van der Waals surface area contributed by atoms with E-state index in [2.05, 4.69) is 32.8 Å². The van der Waals surface area contributed by atoms with Gasteiger partial charge in [-0.1, -0.05) is 0 Å². The Balaban J connectivity index is 1.81. The molecule has 0 aromatic carbocycles. The lowest BCUT2D eigenvalue weighted by atomic mass is 10.1. The van der Waals surface area contributed by atoms with E-state index in [4.69, 9.17) is 4.74 Å². The summed E-state index contributed by atoms with van der Waals surface area (Å²) in [6, 6.07) is 2.39. The van der Waals surface area contributed by atoms with Crippen LogP contribution in [-0.4, -0.2) is 39.6 Å². The van der Waals surface area contributed by atoms with E-state index >= 15 is 0 Å². The van der Waals surface area contributed by atoms with E-state index in [9.17, 15) is 0 Å². The first-order chi connectivity index (χ1) is 9.78. The van der Waals surface area contributed by atoms with Crippen LogP contribution in [-0.2, 0) is 11.3 Å². The average molecular weight is 272 g/mol. The molecule has 2 aromatic rings. The number of H-pyrrole nitrogens is 1. The molecule has 20 heavy (non-hydrogen) atoms. The first kappa shape index (κ1) is 13.3. The average Bonchev–Trinajstić information content (AvgIpc) is 3.10. The number of pyridine rings is 1. The second kappa shape index (κ2) is 5.73. The summed E-state index contributed by atoms with van der Waals surface area (Å²) >= 11 is 0. The molecule has 1 aliphatic heterocycles. The summed E-state index contributed by atoms with van der Waals surface area (Å²) < 4.78 is 5.54. The van der Waals surface area contributed by atoms with Gasteiger partial charge in [-0.05, 0) is 30.5 Å². The third-order valence-electron chi connectivity index (χ3n) is 4.04. The summed E-state index contributed by atoms with van der Waals surface area (Å²) in [5.74, 6) is 1.02. The van der Waals surface area contributed by atoms with Crippen LogP contribution in [0.15, 0.2) is 30.9 Å². The molecule has 0 amide bonds. The van der Waals surface area contributed by atoms with E-state index < -0.39 is 0 Å². The predicted molar refractivity (Wildman–Crippen MR) is 76.1 cm³/mol. The predicted octanol–water partition coefficient (Wildman–Crippen LogP) is 2.08. The highest BCUT2D eigenvalue weighted by molar-refractivity contribution is 5.22. The van der Waals surface area contributed by atoms with Crippen LogP contribution in [0, 0.1) is 6.92 Å². The lowest BCUT2D eigenvalue weighted by Gasteiger charge is -2.23. The van der Waals surface area contributed by atoms with Gasteiger partial charge in [0.05, 0.1) is 12.1 Å². The minimum Gasteiger partial charge on any atom is -0.380 e. The number of hydrogen-bond acceptors (Lipinski definition) is 4. The first-order valence-corrected chi connectivity index (χ1v) is 6.93. The number of nitrogens with zero attached hydrogens (tertiary/aromatic N) is 3. The summed E-state index contributed by atoms with van der Waals surface area (Å²) in [4.78, 5) is 14.2. The van der Waals surface area contributed by atoms with Crippen LogP contribution in [0.2, 0.25) is 0 Å². The number of aryl methyl sites for hydroxylation is 1. The summed E-state index contributed by atoms with van der Waals surface area (Å²) in [6.07, 6.45) is 8.72. The van der Waals surface area contributed by atoms with Crippen LogP contribution in [0.5, 0.6) is 0 Å². The van der Waals surface area contributed by atoms with Crippen molar-refractivity contribution in [3.8, 4) is 0 Å². The fourth-order valence-corrected chi connectivity index (χ4v) is 2.85. The van der Waals surface area contributed by atoms with Gasteiger partial charge >= 0.3 is 0 Å². The standard InChI is InChI=1S/C15H20N4O/c1-11-8-16-4-3-12(11)9-19-10-13(20-2)7-14(19)15-17-5-6-18-15/h3-6,8,13-14H,7,9-10H2,1-2H3,(H,17,18)/t13-,14?/m1/s1. The van der Waals surface area contributed by atoms with Gasteiger partial charge in [-0.25, -0.2) is 4.98 Å². The third kappa shape index (κ3) is 2.59. The van der Waals surface area contributed by atoms with Crippen molar-refractivity contribution in [3.63, 3.8) is 0 Å². The van der Waals surface area contributed by atoms with Gasteiger partial charge in [-0.2, -0.15) is 0 Å². The smallest absolute Gasteiger partial charge is 0.123 e. The number of aromatic nitrogens is 3. The molecule has 3 rings (SSSR count). The van der Waals surface area contributed by atoms with Crippen LogP contribution in [0.25, 0.3) is 0 Å². The highest BCUT2D eigenvalue weighted by atomic mass is 16.5. The summed E-state index contributed by atoms with van der Waals surface area (Å²) in [5.41, 5.74) is 2.54. The van der Waals surface area contributed by atoms with E-state index in [1.165, 1.54) is 11.1 Å². The third-order valence-corrected chi connectivity index (χ3v) is 4.04. The Morgan fingerprint density at radius 2 is 2.35 bits per heavy atom. The molecule has 0 radical (unpaired) electrons. The molecule has 1 unspecified atom stereocenters. The maximum atomic E-state index is 5.54. The largest absolute Gasteiger partial charge is 0.380 e. The van der Waals surface area contributed by atoms with Crippen molar-refractivity contribution in [2.45, 2.75) is 32.0 Å². The molecule has 5 heteroatoms. The molecule has 106 valence electrons. The van der Waals surface area contributed by atoms with Crippen molar-refractivity contribution >= 4 is 0 Å². The van der Waals surface area contributed by atoms with Crippen molar-refractivity contribution in [1.29, 1.82) is 0 Å². The van der Waals surface area contributed by atoms with Crippen molar-refractivity contribution in [2.75, 3.05) is 13.7 Å². The summed E-state index contributed by atoms with van der Waals surface area (Å²) in [5, 5.41) is 0. The number of ether oxygens (including phenoxy) is 1. The minimum atomic E-state index is 0.271. The van der Waals surface area contributed by atoms with Gasteiger partial charge in [-0.15, -0.1) is 0 Å². The fraction of sp³-hybridized carbons (Fsp3) is 0.467. The molecule has 1 fully saturated rings. The van der Waals surface area contributed by atoms with E-state index in [0.29, 0.717) is 6.04 Å². The lowest BCUT2D eigenvalue weighted by Crippen LogP contribution is -2.25. The molecule has 1 aliphatic rings. The minimum absolute atomic E-state index is 0.271. The molecule has 0 bridgehead atoms. The molecule has 0 saturated carbocycles. The van der Waals surface area contributed by atoms with E-state index in [0.717, 1.165) is 25.3 Å². The first-order valence-electron chi connectivity index (χ1n) is 6.93. The van der Waals surface area contributed by atoms with Gasteiger partial charge < -0.3 is 9.72 Å². The number of methoxy groups -OCH3 is 1. The van der Waals surface area contributed by atoms with E-state index in [1.807, 2.05) is 24.8 Å². The van der Waals surface area contributed by atoms with Crippen molar-refractivity contribution in [2.24, 2.45) is 0 Å². The quantitative estimate of drug-likeness (QED) is 0.926. The zero-order valence-corrected chi connectivity index (χ0v) is 11.9. The summed E-state index contributed by atoms with van der Waals surface area (Å²) in [6.45, 7) is 3.94. The SMILES string of the molecule is CO[C@@H]1CC(c2ncc[nH]2)N(Cc2ccncc2C)C1. The van der Waals surface area contributed by atoms with Crippen molar-refractivity contribution in [3.05, 3.63) is 47.8 Å². The monoisotopic (exact) mass is 272 g/mol. The Hall–Kier alpha value is -1.72. The molecular formula is C15H20N4O. The zero-order valence-electron chi connectivity index (χ0n) is 11.9. The van der Waals surface area contributed by atoms with Crippen molar-refractivity contribution in [1.82, 2.24) is 19.9 Å². The van der Waals surface area contributed by atoms with Crippen LogP contribution in [0.4, 0.5) is 0 Å². The second-order valence-electron chi connectivity index (χ2n) is 5.32. The number of rotatable bonds is 4. The van der Waals surface area contributed by atoms with Gasteiger partial charge in [0.1, 0.15) is 5.82 Å². The zero-order chi connectivity index (χ0) is 13.9. The number of likely N-dealkylation sites (tertiary alicyclic amines) is 1. The number of imidazole rings is 1. The molecule has 5 nitrogen and oxygen atoms in total. The van der Waals surface area contributed by atoms with Gasteiger partial charge in [0, 0.05) is 45.0 Å². The van der Waals surface area contributed by atoms with Gasteiger partial charge in [-0.3, -0.25) is 9.88 Å². The Labute approximate surface area is 119 Å². The second-order valence-corrected chi connectivity index (χ2v) is 5.32. The van der Waals surface area contributed by atoms with Gasteiger partial charge in [0.25, 0.3) is 0 Å². The molecule has 1 N–H and O–H groups in total. The summed E-state index contributed by atoms with van der Waals surface area (Å²) in [7, 11) is 1.78. The van der Waals surface area contributed by atoms with E-state index in [-0.39, 0.29) is 6.10 Å². The number of hydrogen-bond donors (Lipinski definition) is 1. The molecule has 0 spiro atoms. The van der Waals surface area contributed by atoms with Crippen LogP contribution in [0.3, 0.4) is 0 Å². The van der Waals surface area contributed by atoms with E-state index in [1.54, 1.807) is 7.11 Å². The Kier molecular flexibility index (Phi) is 3.80. The van der Waals surface area contributed by atoms with Gasteiger partial charge in [0.15, 0.2) is 0 Å². The number of aromatic amines is 1. The normalized spacial score (nSPS) is 23.3. The highest BCUT2D eigenvalue weighted by Gasteiger charge is 2.34. The molecule has 0 aliphatic carbocycles. The Morgan fingerprint density at radius 1 is 1.45 bits per heavy atom. The molecular weight excluding hydrogens is 252 g/mol. The highest BCUT2D eigenvalue weighted by Crippen LogP contribution is 2.32. The lowest BCUT2D eigenvalue weighted by molar-refractivity contribution is 0.107. The number of nitrogens with one attached hydrogen (secondary N) is 1. The van der Waals surface area contributed by atoms with Crippen LogP contribution in [0.1, 0.15) is 29.4 Å². The fourth-order valence-electron chi connectivity index (χ4n) is 2.85. The van der Waals surface area contributed by atoms with Crippen LogP contribution < -0.4 is 0 Å². The molecule has 3 heterocycles. The molecule has 2 atom stereocenters. The van der Waals surface area contributed by atoms with Crippen molar-refractivity contribution < 1.29 is 4.74 Å². The molecule has 1 saturated heterocycles.